The van der Waals surface area contributed by atoms with Crippen molar-refractivity contribution in [3.8, 4) is 11.5 Å². The highest BCUT2D eigenvalue weighted by Crippen LogP contribution is 2.42. The van der Waals surface area contributed by atoms with Crippen LogP contribution in [0.3, 0.4) is 0 Å². The van der Waals surface area contributed by atoms with E-state index < -0.39 is 5.41 Å². The van der Waals surface area contributed by atoms with Crippen LogP contribution in [0.2, 0.25) is 20.1 Å². The van der Waals surface area contributed by atoms with Gasteiger partial charge in [0.2, 0.25) is 0 Å². The summed E-state index contributed by atoms with van der Waals surface area (Å²) in [6.07, 6.45) is 0. The molecule has 0 aliphatic rings. The highest BCUT2D eigenvalue weighted by Gasteiger charge is 2.31. The van der Waals surface area contributed by atoms with E-state index in [9.17, 15) is 15.3 Å². The van der Waals surface area contributed by atoms with Gasteiger partial charge in [0.1, 0.15) is 0 Å². The molecule has 2 aromatic carbocycles. The normalized spacial score (nSPS) is 11.7. The number of phenolic OH excluding ortho intramolecular Hbond substituents is 2. The standard InChI is InChI=1S/C15H12Cl4O3/c1-15(6-20,7-2-9(16)13(21)10(17)3-7)8-4-11(18)14(22)12(19)5-8/h2-5,20-22H,6H2,1H3. The van der Waals surface area contributed by atoms with Crippen molar-refractivity contribution < 1.29 is 15.3 Å². The van der Waals surface area contributed by atoms with Crippen LogP contribution in [0.1, 0.15) is 18.1 Å². The Morgan fingerprint density at radius 1 is 0.773 bits per heavy atom. The molecule has 0 saturated carbocycles. The lowest BCUT2D eigenvalue weighted by Gasteiger charge is -2.29. The zero-order valence-electron chi connectivity index (χ0n) is 11.4. The molecule has 0 unspecified atom stereocenters. The third-order valence-corrected chi connectivity index (χ3v) is 4.78. The maximum absolute atomic E-state index is 9.90. The van der Waals surface area contributed by atoms with Gasteiger partial charge in [-0.05, 0) is 42.3 Å². The van der Waals surface area contributed by atoms with Crippen LogP contribution in [0.5, 0.6) is 11.5 Å². The minimum Gasteiger partial charge on any atom is -0.505 e. The lowest BCUT2D eigenvalue weighted by molar-refractivity contribution is 0.231. The molecule has 0 fully saturated rings. The predicted molar refractivity (Wildman–Crippen MR) is 89.8 cm³/mol. The van der Waals surface area contributed by atoms with Gasteiger partial charge in [0.05, 0.1) is 26.7 Å². The van der Waals surface area contributed by atoms with E-state index in [4.69, 9.17) is 46.4 Å². The minimum atomic E-state index is -0.929. The number of aliphatic hydroxyl groups excluding tert-OH is 1. The average molecular weight is 382 g/mol. The zero-order valence-corrected chi connectivity index (χ0v) is 14.4. The van der Waals surface area contributed by atoms with Crippen LogP contribution in [0, 0.1) is 0 Å². The van der Waals surface area contributed by atoms with E-state index in [-0.39, 0.29) is 38.2 Å². The van der Waals surface area contributed by atoms with Crippen molar-refractivity contribution in [3.05, 3.63) is 55.5 Å². The van der Waals surface area contributed by atoms with Crippen molar-refractivity contribution >= 4 is 46.4 Å². The summed E-state index contributed by atoms with van der Waals surface area (Å²) in [6, 6.07) is 6.03. The number of hydrogen-bond donors (Lipinski definition) is 3. The minimum absolute atomic E-state index is 0.0677. The molecule has 0 aliphatic heterocycles. The Hall–Kier alpha value is -0.840. The largest absolute Gasteiger partial charge is 0.505 e. The van der Waals surface area contributed by atoms with Gasteiger partial charge >= 0.3 is 0 Å². The van der Waals surface area contributed by atoms with E-state index in [1.54, 1.807) is 6.92 Å². The van der Waals surface area contributed by atoms with Gasteiger partial charge in [-0.1, -0.05) is 46.4 Å². The van der Waals surface area contributed by atoms with E-state index in [0.29, 0.717) is 11.1 Å². The van der Waals surface area contributed by atoms with Crippen LogP contribution in [0.4, 0.5) is 0 Å². The number of halogens is 4. The summed E-state index contributed by atoms with van der Waals surface area (Å²) in [7, 11) is 0. The molecule has 0 amide bonds. The molecule has 0 spiro atoms. The van der Waals surface area contributed by atoms with E-state index in [1.165, 1.54) is 24.3 Å². The number of phenols is 2. The summed E-state index contributed by atoms with van der Waals surface area (Å²) in [5, 5.41) is 29.5. The van der Waals surface area contributed by atoms with Crippen molar-refractivity contribution in [1.29, 1.82) is 0 Å². The molecule has 0 heterocycles. The predicted octanol–water partition coefficient (Wildman–Crippen LogP) is 5.01. The fraction of sp³-hybridized carbons (Fsp3) is 0.200. The Bertz CT molecular complexity index is 627. The molecule has 3 N–H and O–H groups in total. The Labute approximate surface area is 147 Å². The van der Waals surface area contributed by atoms with Gasteiger partial charge in [-0.2, -0.15) is 0 Å². The van der Waals surface area contributed by atoms with Crippen molar-refractivity contribution in [1.82, 2.24) is 0 Å². The maximum Gasteiger partial charge on any atom is 0.152 e. The summed E-state index contributed by atoms with van der Waals surface area (Å²) < 4.78 is 0. The number of aromatic hydroxyl groups is 2. The van der Waals surface area contributed by atoms with E-state index in [2.05, 4.69) is 0 Å². The first-order valence-corrected chi connectivity index (χ1v) is 7.69. The molecular weight excluding hydrogens is 370 g/mol. The first kappa shape index (κ1) is 17.5. The lowest BCUT2D eigenvalue weighted by atomic mass is 9.77. The molecule has 22 heavy (non-hydrogen) atoms. The Kier molecular flexibility index (Phi) is 5.05. The van der Waals surface area contributed by atoms with E-state index in [0.717, 1.165) is 0 Å². The Morgan fingerprint density at radius 2 is 1.05 bits per heavy atom. The molecule has 0 saturated heterocycles. The molecule has 2 aromatic rings. The second-order valence-corrected chi connectivity index (χ2v) is 6.70. The van der Waals surface area contributed by atoms with E-state index >= 15 is 0 Å². The molecule has 118 valence electrons. The molecule has 0 radical (unpaired) electrons. The molecule has 2 rings (SSSR count). The second kappa shape index (κ2) is 6.34. The summed E-state index contributed by atoms with van der Waals surface area (Å²) in [5.74, 6) is -0.455. The van der Waals surface area contributed by atoms with Gasteiger partial charge in [0.15, 0.2) is 11.5 Å². The van der Waals surface area contributed by atoms with Crippen molar-refractivity contribution in [2.45, 2.75) is 12.3 Å². The average Bonchev–Trinajstić information content (AvgIpc) is 2.48. The number of rotatable bonds is 3. The molecule has 0 aliphatic carbocycles. The smallest absolute Gasteiger partial charge is 0.152 e. The number of hydrogen-bond acceptors (Lipinski definition) is 3. The van der Waals surface area contributed by atoms with Gasteiger partial charge in [-0.15, -0.1) is 0 Å². The SMILES string of the molecule is CC(CO)(c1cc(Cl)c(O)c(Cl)c1)c1cc(Cl)c(O)c(Cl)c1. The van der Waals surface area contributed by atoms with Crippen LogP contribution in [0.15, 0.2) is 24.3 Å². The fourth-order valence-electron chi connectivity index (χ4n) is 2.12. The Morgan fingerprint density at radius 3 is 1.27 bits per heavy atom. The van der Waals surface area contributed by atoms with Gasteiger partial charge in [0.25, 0.3) is 0 Å². The lowest BCUT2D eigenvalue weighted by Crippen LogP contribution is -2.28. The summed E-state index contributed by atoms with van der Waals surface area (Å²) in [4.78, 5) is 0. The van der Waals surface area contributed by atoms with Crippen molar-refractivity contribution in [3.63, 3.8) is 0 Å². The third kappa shape index (κ3) is 2.97. The molecule has 3 nitrogen and oxygen atoms in total. The third-order valence-electron chi connectivity index (χ3n) is 3.62. The van der Waals surface area contributed by atoms with Crippen LogP contribution in [-0.4, -0.2) is 21.9 Å². The van der Waals surface area contributed by atoms with Crippen molar-refractivity contribution in [2.24, 2.45) is 0 Å². The summed E-state index contributed by atoms with van der Waals surface area (Å²) in [6.45, 7) is 1.45. The van der Waals surface area contributed by atoms with Gasteiger partial charge in [0, 0.05) is 5.41 Å². The van der Waals surface area contributed by atoms with Crippen LogP contribution >= 0.6 is 46.4 Å². The highest BCUT2D eigenvalue weighted by molar-refractivity contribution is 6.37. The topological polar surface area (TPSA) is 60.7 Å². The molecule has 0 bridgehead atoms. The number of aliphatic hydroxyl groups is 1. The molecule has 0 atom stereocenters. The quantitative estimate of drug-likeness (QED) is 0.700. The Balaban J connectivity index is 2.68. The number of benzene rings is 2. The molecular formula is C15H12Cl4O3. The maximum atomic E-state index is 9.90. The van der Waals surface area contributed by atoms with Crippen LogP contribution in [0.25, 0.3) is 0 Å². The van der Waals surface area contributed by atoms with Crippen LogP contribution < -0.4 is 0 Å². The van der Waals surface area contributed by atoms with Gasteiger partial charge in [-0.3, -0.25) is 0 Å². The first-order valence-electron chi connectivity index (χ1n) is 6.18. The van der Waals surface area contributed by atoms with E-state index in [1.807, 2.05) is 0 Å². The summed E-state index contributed by atoms with van der Waals surface area (Å²) in [5.41, 5.74) is 0.211. The molecule has 0 aromatic heterocycles. The second-order valence-electron chi connectivity index (χ2n) is 5.07. The highest BCUT2D eigenvalue weighted by atomic mass is 35.5. The van der Waals surface area contributed by atoms with Crippen LogP contribution in [-0.2, 0) is 5.41 Å². The molecule has 7 heteroatoms. The van der Waals surface area contributed by atoms with Gasteiger partial charge in [-0.25, -0.2) is 0 Å². The monoisotopic (exact) mass is 380 g/mol. The van der Waals surface area contributed by atoms with Crippen molar-refractivity contribution in [2.75, 3.05) is 6.61 Å². The van der Waals surface area contributed by atoms with Gasteiger partial charge < -0.3 is 15.3 Å². The first-order chi connectivity index (χ1) is 10.2. The zero-order chi connectivity index (χ0) is 16.7. The fourth-order valence-corrected chi connectivity index (χ4v) is 3.09. The summed E-state index contributed by atoms with van der Waals surface area (Å²) >= 11 is 23.8.